The van der Waals surface area contributed by atoms with Crippen LogP contribution in [0.4, 0.5) is 26.3 Å². The van der Waals surface area contributed by atoms with E-state index >= 15 is 0 Å². The van der Waals surface area contributed by atoms with Gasteiger partial charge in [-0.15, -0.1) is 5.10 Å². The molecule has 2 unspecified atom stereocenters. The van der Waals surface area contributed by atoms with E-state index in [4.69, 9.17) is 5.73 Å². The molecule has 170 valence electrons. The van der Waals surface area contributed by atoms with Crippen molar-refractivity contribution in [3.63, 3.8) is 0 Å². The fraction of sp³-hybridized carbons (Fsp3) is 0.471. The maximum Gasteiger partial charge on any atom is 0.451 e. The van der Waals surface area contributed by atoms with E-state index in [1.165, 1.54) is 4.90 Å². The van der Waals surface area contributed by atoms with Crippen LogP contribution in [0.1, 0.15) is 12.0 Å². The minimum atomic E-state index is -4.79. The molecule has 1 aromatic rings. The van der Waals surface area contributed by atoms with Crippen molar-refractivity contribution >= 4 is 18.2 Å². The molecule has 2 atom stereocenters. The van der Waals surface area contributed by atoms with Gasteiger partial charge in [0.1, 0.15) is 5.82 Å². The van der Waals surface area contributed by atoms with Gasteiger partial charge >= 0.3 is 12.6 Å². The Bertz CT molecular complexity index is 896. The summed E-state index contributed by atoms with van der Waals surface area (Å²) in [6, 6.07) is 0.0628. The summed E-state index contributed by atoms with van der Waals surface area (Å²) in [7, 11) is 0. The normalized spacial score (nSPS) is 19.8. The Morgan fingerprint density at radius 1 is 1.23 bits per heavy atom. The highest BCUT2D eigenvalue weighted by molar-refractivity contribution is 5.89. The summed E-state index contributed by atoms with van der Waals surface area (Å²) in [5.41, 5.74) is 5.62. The van der Waals surface area contributed by atoms with Crippen molar-refractivity contribution in [2.75, 3.05) is 19.6 Å². The monoisotopic (exact) mass is 453 g/mol. The molecule has 0 aromatic heterocycles. The van der Waals surface area contributed by atoms with Crippen molar-refractivity contribution in [3.05, 3.63) is 35.1 Å². The first-order valence-corrected chi connectivity index (χ1v) is 9.00. The number of hydroxylamine groups is 1. The summed E-state index contributed by atoms with van der Waals surface area (Å²) in [5.74, 6) is -5.44. The quantitative estimate of drug-likeness (QED) is 0.394. The maximum atomic E-state index is 13.8. The topological polar surface area (TPSA) is 91.5 Å². The number of piperazine rings is 1. The molecular formula is C17H17F6N5O3. The third kappa shape index (κ3) is 4.84. The Balaban J connectivity index is 1.64. The number of amides is 1. The van der Waals surface area contributed by atoms with Crippen LogP contribution < -0.4 is 5.73 Å². The molecule has 31 heavy (non-hydrogen) atoms. The number of benzene rings is 1. The van der Waals surface area contributed by atoms with Gasteiger partial charge in [0.2, 0.25) is 11.7 Å². The fourth-order valence-corrected chi connectivity index (χ4v) is 3.43. The van der Waals surface area contributed by atoms with E-state index in [0.29, 0.717) is 17.3 Å². The van der Waals surface area contributed by atoms with E-state index in [1.54, 1.807) is 0 Å². The third-order valence-electron chi connectivity index (χ3n) is 4.84. The Labute approximate surface area is 171 Å². The highest BCUT2D eigenvalue weighted by Gasteiger charge is 2.51. The first kappa shape index (κ1) is 22.7. The van der Waals surface area contributed by atoms with Crippen LogP contribution in [-0.4, -0.2) is 71.2 Å². The van der Waals surface area contributed by atoms with Gasteiger partial charge in [-0.25, -0.2) is 13.2 Å². The summed E-state index contributed by atoms with van der Waals surface area (Å²) in [6.45, 7) is -0.692. The van der Waals surface area contributed by atoms with E-state index < -0.39 is 47.6 Å². The molecule has 14 heteroatoms. The maximum absolute atomic E-state index is 13.8. The second kappa shape index (κ2) is 8.61. The van der Waals surface area contributed by atoms with Crippen LogP contribution in [0.2, 0.25) is 0 Å². The van der Waals surface area contributed by atoms with Crippen LogP contribution in [0.25, 0.3) is 0 Å². The van der Waals surface area contributed by atoms with Crippen molar-refractivity contribution in [1.29, 1.82) is 0 Å². The average Bonchev–Trinajstić information content (AvgIpc) is 3.04. The third-order valence-corrected chi connectivity index (χ3v) is 4.84. The first-order valence-electron chi connectivity index (χ1n) is 9.00. The minimum absolute atomic E-state index is 0.0892. The van der Waals surface area contributed by atoms with Gasteiger partial charge in [0.05, 0.1) is 6.54 Å². The molecule has 2 heterocycles. The summed E-state index contributed by atoms with van der Waals surface area (Å²) in [5, 5.41) is 3.72. The van der Waals surface area contributed by atoms with Crippen LogP contribution in [0.3, 0.4) is 0 Å². The smallest absolute Gasteiger partial charge is 0.337 e. The highest BCUT2D eigenvalue weighted by Crippen LogP contribution is 2.30. The lowest BCUT2D eigenvalue weighted by Gasteiger charge is -2.40. The first-order chi connectivity index (χ1) is 14.5. The number of fused-ring (bicyclic) bond motifs is 1. The van der Waals surface area contributed by atoms with Crippen LogP contribution in [-0.2, 0) is 20.8 Å². The molecule has 1 aromatic carbocycles. The van der Waals surface area contributed by atoms with Gasteiger partial charge < -0.3 is 20.4 Å². The van der Waals surface area contributed by atoms with Gasteiger partial charge in [0.25, 0.3) is 0 Å². The number of hydrogen-bond donors (Lipinski definition) is 1. The van der Waals surface area contributed by atoms with Crippen molar-refractivity contribution in [3.8, 4) is 0 Å². The number of carbonyl (C=O) groups is 2. The van der Waals surface area contributed by atoms with Crippen LogP contribution in [0, 0.1) is 17.5 Å². The van der Waals surface area contributed by atoms with Gasteiger partial charge in [-0.2, -0.15) is 13.2 Å². The number of rotatable bonds is 6. The number of amidine groups is 1. The minimum Gasteiger partial charge on any atom is -0.337 e. The van der Waals surface area contributed by atoms with Gasteiger partial charge in [0, 0.05) is 31.6 Å². The van der Waals surface area contributed by atoms with Gasteiger partial charge in [0.15, 0.2) is 17.8 Å². The molecule has 2 aliphatic rings. The lowest BCUT2D eigenvalue weighted by molar-refractivity contribution is -0.198. The number of carbonyl (C=O) groups excluding carboxylic acids is 2. The van der Waals surface area contributed by atoms with Crippen molar-refractivity contribution < 1.29 is 40.8 Å². The van der Waals surface area contributed by atoms with Crippen molar-refractivity contribution in [1.82, 2.24) is 15.0 Å². The molecule has 2 aliphatic heterocycles. The molecule has 1 fully saturated rings. The molecule has 0 radical (unpaired) electrons. The number of nitrogens with zero attached hydrogens (tertiary/aromatic N) is 4. The van der Waals surface area contributed by atoms with E-state index in [2.05, 4.69) is 9.94 Å². The molecule has 0 bridgehead atoms. The molecule has 0 saturated carbocycles. The highest BCUT2D eigenvalue weighted by atomic mass is 19.4. The SMILES string of the molecule is NC(CC(=O)N1CCN2C(C(F)(F)F)=NN(OC=O)C2C1)Cc1cc(F)c(F)cc1F. The molecule has 2 N–H and O–H groups in total. The van der Waals surface area contributed by atoms with Gasteiger partial charge in [-0.3, -0.25) is 9.59 Å². The van der Waals surface area contributed by atoms with Crippen molar-refractivity contribution in [2.24, 2.45) is 10.8 Å². The van der Waals surface area contributed by atoms with E-state index in [-0.39, 0.29) is 44.5 Å². The molecule has 0 aliphatic carbocycles. The summed E-state index contributed by atoms with van der Waals surface area (Å²) in [6.07, 6.45) is -6.56. The fourth-order valence-electron chi connectivity index (χ4n) is 3.43. The molecular weight excluding hydrogens is 436 g/mol. The standard InChI is InChI=1S/C17H17F6N5O3/c18-11-6-13(20)12(19)4-9(11)3-10(24)5-15(30)26-1-2-27-14(7-26)28(31-8-29)25-16(27)17(21,22)23/h4,6,8,10,14H,1-3,5,7,24H2. The largest absolute Gasteiger partial charge is 0.451 e. The Morgan fingerprint density at radius 3 is 2.55 bits per heavy atom. The number of nitrogens with two attached hydrogens (primary N) is 1. The molecule has 1 saturated heterocycles. The van der Waals surface area contributed by atoms with Crippen molar-refractivity contribution in [2.45, 2.75) is 31.2 Å². The molecule has 1 amide bonds. The number of alkyl halides is 3. The zero-order valence-electron chi connectivity index (χ0n) is 15.8. The van der Waals surface area contributed by atoms with Gasteiger partial charge in [-0.1, -0.05) is 5.17 Å². The van der Waals surface area contributed by atoms with Crippen LogP contribution in [0.15, 0.2) is 17.2 Å². The van der Waals surface area contributed by atoms with Crippen LogP contribution >= 0.6 is 0 Å². The Hall–Kier alpha value is -3.03. The zero-order valence-corrected chi connectivity index (χ0v) is 15.8. The summed E-state index contributed by atoms with van der Waals surface area (Å²) in [4.78, 5) is 29.7. The number of hydrogen-bond acceptors (Lipinski definition) is 7. The van der Waals surface area contributed by atoms with Crippen LogP contribution in [0.5, 0.6) is 0 Å². The lowest BCUT2D eigenvalue weighted by atomic mass is 10.0. The number of hydrazone groups is 1. The zero-order chi connectivity index (χ0) is 22.9. The van der Waals surface area contributed by atoms with E-state index in [1.807, 2.05) is 0 Å². The van der Waals surface area contributed by atoms with E-state index in [9.17, 15) is 35.9 Å². The average molecular weight is 453 g/mol. The Kier molecular flexibility index (Phi) is 6.29. The molecule has 0 spiro atoms. The molecule has 3 rings (SSSR count). The summed E-state index contributed by atoms with van der Waals surface area (Å²) < 4.78 is 79.5. The predicted octanol–water partition coefficient (Wildman–Crippen LogP) is 1.11. The summed E-state index contributed by atoms with van der Waals surface area (Å²) >= 11 is 0. The van der Waals surface area contributed by atoms with Gasteiger partial charge in [-0.05, 0) is 18.1 Å². The number of halogens is 6. The predicted molar refractivity (Wildman–Crippen MR) is 92.2 cm³/mol. The lowest BCUT2D eigenvalue weighted by Crippen LogP contribution is -2.59. The van der Waals surface area contributed by atoms with E-state index in [0.717, 1.165) is 4.90 Å². The Morgan fingerprint density at radius 2 is 1.90 bits per heavy atom. The second-order valence-corrected chi connectivity index (χ2v) is 6.97. The molecule has 8 nitrogen and oxygen atoms in total. The second-order valence-electron chi connectivity index (χ2n) is 6.97.